The van der Waals surface area contributed by atoms with Crippen LogP contribution in [-0.2, 0) is 4.74 Å². The van der Waals surface area contributed by atoms with Gasteiger partial charge in [0.1, 0.15) is 11.6 Å². The summed E-state index contributed by atoms with van der Waals surface area (Å²) in [6.45, 7) is 6.36. The van der Waals surface area contributed by atoms with E-state index in [0.717, 1.165) is 41.3 Å². The average Bonchev–Trinajstić information content (AvgIpc) is 2.80. The van der Waals surface area contributed by atoms with E-state index in [1.165, 1.54) is 0 Å². The largest absolute Gasteiger partial charge is 0.497 e. The number of pyridine rings is 1. The number of benzene rings is 2. The number of ether oxygens (including phenoxy) is 2. The van der Waals surface area contributed by atoms with Crippen molar-refractivity contribution in [2.75, 3.05) is 37.0 Å². The normalized spacial score (nSPS) is 16.1. The average molecular weight is 418 g/mol. The second-order valence-corrected chi connectivity index (χ2v) is 7.69. The van der Waals surface area contributed by atoms with Crippen LogP contribution in [-0.4, -0.2) is 43.8 Å². The summed E-state index contributed by atoms with van der Waals surface area (Å²) in [5.74, 6) is 1.55. The summed E-state index contributed by atoms with van der Waals surface area (Å²) in [5, 5.41) is 2.97. The first-order valence-electron chi connectivity index (χ1n) is 10.4. The molecule has 31 heavy (non-hydrogen) atoms. The van der Waals surface area contributed by atoms with Gasteiger partial charge in [0.15, 0.2) is 0 Å². The third-order valence-electron chi connectivity index (χ3n) is 5.55. The highest BCUT2D eigenvalue weighted by atomic mass is 16.5. The first-order valence-corrected chi connectivity index (χ1v) is 10.4. The van der Waals surface area contributed by atoms with Crippen molar-refractivity contribution >= 4 is 17.4 Å². The van der Waals surface area contributed by atoms with Crippen molar-refractivity contribution in [3.05, 3.63) is 71.9 Å². The van der Waals surface area contributed by atoms with E-state index < -0.39 is 0 Å². The molecular formula is C25H27N3O3. The van der Waals surface area contributed by atoms with Crippen LogP contribution in [0.2, 0.25) is 0 Å². The Kier molecular flexibility index (Phi) is 6.18. The third kappa shape index (κ3) is 4.70. The zero-order valence-corrected chi connectivity index (χ0v) is 18.1. The first kappa shape index (κ1) is 20.9. The minimum Gasteiger partial charge on any atom is -0.497 e. The fourth-order valence-electron chi connectivity index (χ4n) is 3.84. The summed E-state index contributed by atoms with van der Waals surface area (Å²) >= 11 is 0. The van der Waals surface area contributed by atoms with Crippen molar-refractivity contribution in [1.82, 2.24) is 4.98 Å². The van der Waals surface area contributed by atoms with Gasteiger partial charge in [-0.3, -0.25) is 4.79 Å². The van der Waals surface area contributed by atoms with E-state index in [2.05, 4.69) is 22.1 Å². The van der Waals surface area contributed by atoms with Crippen LogP contribution in [0.5, 0.6) is 5.75 Å². The van der Waals surface area contributed by atoms with E-state index in [-0.39, 0.29) is 12.0 Å². The van der Waals surface area contributed by atoms with Gasteiger partial charge in [-0.05, 0) is 60.9 Å². The summed E-state index contributed by atoms with van der Waals surface area (Å²) in [6, 6.07) is 17.4. The molecule has 0 radical (unpaired) electrons. The number of carbonyl (C=O) groups is 1. The number of aromatic nitrogens is 1. The maximum atomic E-state index is 13.0. The van der Waals surface area contributed by atoms with Gasteiger partial charge in [0.2, 0.25) is 0 Å². The van der Waals surface area contributed by atoms with E-state index in [4.69, 9.17) is 9.47 Å². The number of nitrogens with one attached hydrogen (secondary N) is 1. The summed E-state index contributed by atoms with van der Waals surface area (Å²) in [6.07, 6.45) is 1.90. The maximum Gasteiger partial charge on any atom is 0.255 e. The Bertz CT molecular complexity index is 1050. The molecule has 1 aromatic heterocycles. The zero-order valence-electron chi connectivity index (χ0n) is 18.1. The van der Waals surface area contributed by atoms with Gasteiger partial charge >= 0.3 is 0 Å². The molecule has 6 nitrogen and oxygen atoms in total. The van der Waals surface area contributed by atoms with Gasteiger partial charge in [-0.25, -0.2) is 4.98 Å². The van der Waals surface area contributed by atoms with Crippen molar-refractivity contribution in [2.24, 2.45) is 0 Å². The van der Waals surface area contributed by atoms with Gasteiger partial charge in [0.25, 0.3) is 5.91 Å². The Morgan fingerprint density at radius 1 is 1.16 bits per heavy atom. The first-order chi connectivity index (χ1) is 15.0. The molecule has 0 saturated carbocycles. The number of nitrogens with zero attached hydrogens (tertiary/aromatic N) is 2. The van der Waals surface area contributed by atoms with Crippen molar-refractivity contribution in [3.63, 3.8) is 0 Å². The summed E-state index contributed by atoms with van der Waals surface area (Å²) in [7, 11) is 1.65. The number of amides is 1. The van der Waals surface area contributed by atoms with Crippen molar-refractivity contribution < 1.29 is 14.3 Å². The highest BCUT2D eigenvalue weighted by Crippen LogP contribution is 2.28. The van der Waals surface area contributed by atoms with Gasteiger partial charge in [-0.2, -0.15) is 0 Å². The molecule has 160 valence electrons. The van der Waals surface area contributed by atoms with Crippen molar-refractivity contribution in [2.45, 2.75) is 20.0 Å². The molecule has 6 heteroatoms. The molecule has 0 unspecified atom stereocenters. The predicted octanol–water partition coefficient (Wildman–Crippen LogP) is 4.54. The molecule has 2 heterocycles. The molecule has 3 aromatic rings. The van der Waals surface area contributed by atoms with Gasteiger partial charge in [-0.1, -0.05) is 24.3 Å². The summed E-state index contributed by atoms with van der Waals surface area (Å²) in [5.41, 5.74) is 4.30. The highest BCUT2D eigenvalue weighted by molar-refractivity contribution is 6.06. The highest BCUT2D eigenvalue weighted by Gasteiger charge is 2.18. The van der Waals surface area contributed by atoms with Gasteiger partial charge in [0, 0.05) is 18.7 Å². The fourth-order valence-corrected chi connectivity index (χ4v) is 3.84. The third-order valence-corrected chi connectivity index (χ3v) is 5.55. The van der Waals surface area contributed by atoms with Crippen LogP contribution in [0.4, 0.5) is 11.5 Å². The Morgan fingerprint density at radius 2 is 1.97 bits per heavy atom. The number of carbonyl (C=O) groups excluding carboxylic acids is 1. The number of methoxy groups -OCH3 is 1. The van der Waals surface area contributed by atoms with Gasteiger partial charge in [0.05, 0.1) is 31.7 Å². The molecular weight excluding hydrogens is 390 g/mol. The van der Waals surface area contributed by atoms with Gasteiger partial charge in [-0.15, -0.1) is 0 Å². The van der Waals surface area contributed by atoms with Crippen LogP contribution in [0.15, 0.2) is 60.8 Å². The number of hydrogen-bond donors (Lipinski definition) is 1. The van der Waals surface area contributed by atoms with Crippen LogP contribution in [0, 0.1) is 6.92 Å². The van der Waals surface area contributed by atoms with Crippen LogP contribution in [0.25, 0.3) is 11.1 Å². The van der Waals surface area contributed by atoms with Crippen LogP contribution < -0.4 is 15.0 Å². The lowest BCUT2D eigenvalue weighted by atomic mass is 9.96. The lowest BCUT2D eigenvalue weighted by Crippen LogP contribution is -2.41. The molecule has 1 N–H and O–H groups in total. The Morgan fingerprint density at radius 3 is 2.65 bits per heavy atom. The quantitative estimate of drug-likeness (QED) is 0.660. The Hall–Kier alpha value is -3.38. The predicted molar refractivity (Wildman–Crippen MR) is 123 cm³/mol. The van der Waals surface area contributed by atoms with Crippen LogP contribution >= 0.6 is 0 Å². The zero-order chi connectivity index (χ0) is 21.8. The maximum absolute atomic E-state index is 13.0. The number of rotatable bonds is 5. The molecule has 1 saturated heterocycles. The smallest absolute Gasteiger partial charge is 0.255 e. The molecule has 0 aliphatic carbocycles. The van der Waals surface area contributed by atoms with Crippen molar-refractivity contribution in [1.29, 1.82) is 0 Å². The molecule has 1 fully saturated rings. The number of hydrogen-bond acceptors (Lipinski definition) is 5. The van der Waals surface area contributed by atoms with Crippen LogP contribution in [0.3, 0.4) is 0 Å². The summed E-state index contributed by atoms with van der Waals surface area (Å²) in [4.78, 5) is 19.7. The van der Waals surface area contributed by atoms with E-state index in [9.17, 15) is 4.79 Å². The monoisotopic (exact) mass is 417 g/mol. The fraction of sp³-hybridized carbons (Fsp3) is 0.280. The van der Waals surface area contributed by atoms with E-state index in [1.54, 1.807) is 13.3 Å². The van der Waals surface area contributed by atoms with E-state index in [1.807, 2.05) is 61.5 Å². The molecule has 0 bridgehead atoms. The molecule has 1 aliphatic heterocycles. The lowest BCUT2D eigenvalue weighted by Gasteiger charge is -2.32. The minimum absolute atomic E-state index is 0.151. The standard InChI is InChI=1S/C25H27N3O3/c1-17-16-28(13-14-31-17)24-12-9-20(15-26-24)27-25(29)23-6-4-5-22(18(23)2)19-7-10-21(30-3)11-8-19/h4-12,15,17H,13-14,16H2,1-3H3,(H,27,29)/t17-/m0/s1. The molecule has 1 atom stereocenters. The number of anilines is 2. The van der Waals surface area contributed by atoms with Crippen molar-refractivity contribution in [3.8, 4) is 16.9 Å². The Labute approximate surface area is 182 Å². The molecule has 1 aliphatic rings. The molecule has 0 spiro atoms. The molecule has 4 rings (SSSR count). The van der Waals surface area contributed by atoms with E-state index in [0.29, 0.717) is 17.9 Å². The summed E-state index contributed by atoms with van der Waals surface area (Å²) < 4.78 is 10.8. The topological polar surface area (TPSA) is 63.7 Å². The van der Waals surface area contributed by atoms with Gasteiger partial charge < -0.3 is 19.7 Å². The van der Waals surface area contributed by atoms with Crippen LogP contribution in [0.1, 0.15) is 22.8 Å². The Balaban J connectivity index is 1.49. The second kappa shape index (κ2) is 9.18. The second-order valence-electron chi connectivity index (χ2n) is 7.69. The SMILES string of the molecule is COc1ccc(-c2cccc(C(=O)Nc3ccc(N4CCO[C@@H](C)C4)nc3)c2C)cc1. The lowest BCUT2D eigenvalue weighted by molar-refractivity contribution is 0.0529. The molecule has 2 aromatic carbocycles. The number of morpholine rings is 1. The molecule has 1 amide bonds. The van der Waals surface area contributed by atoms with E-state index >= 15 is 0 Å². The minimum atomic E-state index is -0.151.